The molecule has 3 aromatic rings. The number of methoxy groups -OCH3 is 1. The molecule has 0 saturated heterocycles. The van der Waals surface area contributed by atoms with E-state index in [0.717, 1.165) is 17.0 Å². The summed E-state index contributed by atoms with van der Waals surface area (Å²) in [4.78, 5) is 47.4. The molecule has 1 aromatic heterocycles. The number of carbonyl (C=O) groups excluding carboxylic acids is 2. The number of amides is 1. The van der Waals surface area contributed by atoms with Gasteiger partial charge < -0.3 is 14.4 Å². The van der Waals surface area contributed by atoms with Crippen LogP contribution in [0.15, 0.2) is 94.9 Å². The summed E-state index contributed by atoms with van der Waals surface area (Å²) in [6.07, 6.45) is 3.12. The third-order valence-electron chi connectivity index (χ3n) is 6.44. The number of para-hydroxylation sites is 1. The maximum absolute atomic E-state index is 14.1. The van der Waals surface area contributed by atoms with Crippen molar-refractivity contribution in [3.63, 3.8) is 0 Å². The minimum atomic E-state index is -0.806. The van der Waals surface area contributed by atoms with Crippen LogP contribution in [-0.4, -0.2) is 36.7 Å². The number of hydrogen-bond donors (Lipinski definition) is 0. The van der Waals surface area contributed by atoms with E-state index in [-0.39, 0.29) is 22.6 Å². The first kappa shape index (κ1) is 25.2. The molecule has 1 amide bonds. The summed E-state index contributed by atoms with van der Waals surface area (Å²) in [5, 5.41) is 0. The van der Waals surface area contributed by atoms with Gasteiger partial charge in [0.25, 0.3) is 11.5 Å². The summed E-state index contributed by atoms with van der Waals surface area (Å²) in [5.74, 6) is -0.238. The number of allylic oxidation sites excluding steroid dienone is 1. The molecule has 5 rings (SSSR count). The number of esters is 1. The van der Waals surface area contributed by atoms with Gasteiger partial charge in [-0.1, -0.05) is 60.4 Å². The Bertz CT molecular complexity index is 1690. The molecule has 2 aromatic carbocycles. The van der Waals surface area contributed by atoms with Crippen LogP contribution < -0.4 is 24.5 Å². The third kappa shape index (κ3) is 4.01. The Hall–Kier alpha value is -4.50. The molecule has 0 aliphatic carbocycles. The quantitative estimate of drug-likeness (QED) is 0.348. The number of fused-ring (bicyclic) bond motifs is 2. The van der Waals surface area contributed by atoms with Crippen LogP contribution in [0.25, 0.3) is 5.57 Å². The molecule has 38 heavy (non-hydrogen) atoms. The number of anilines is 1. The first-order chi connectivity index (χ1) is 18.4. The SMILES string of the molecule is C=CCOC(=O)C1=C(C)N=c2s/c(=C3\C(=O)N(CC=C)c4ccccc43)c(=O)n2[C@H]1c1ccc(OC)cc1. The van der Waals surface area contributed by atoms with Gasteiger partial charge in [-0.2, -0.15) is 0 Å². The van der Waals surface area contributed by atoms with E-state index in [1.165, 1.54) is 10.6 Å². The van der Waals surface area contributed by atoms with Crippen molar-refractivity contribution in [3.8, 4) is 5.75 Å². The van der Waals surface area contributed by atoms with Gasteiger partial charge in [0.1, 0.15) is 16.9 Å². The number of carbonyl (C=O) groups is 2. The van der Waals surface area contributed by atoms with E-state index in [1.54, 1.807) is 49.3 Å². The van der Waals surface area contributed by atoms with E-state index in [4.69, 9.17) is 9.47 Å². The zero-order valence-electron chi connectivity index (χ0n) is 21.0. The number of benzene rings is 2. The highest BCUT2D eigenvalue weighted by Gasteiger charge is 2.37. The molecule has 9 heteroatoms. The Morgan fingerprint density at radius 3 is 2.53 bits per heavy atom. The van der Waals surface area contributed by atoms with Gasteiger partial charge in [0.2, 0.25) is 0 Å². The molecule has 2 aliphatic rings. The molecule has 0 fully saturated rings. The highest BCUT2D eigenvalue weighted by atomic mass is 32.1. The Morgan fingerprint density at radius 1 is 1.11 bits per heavy atom. The molecule has 8 nitrogen and oxygen atoms in total. The first-order valence-corrected chi connectivity index (χ1v) is 12.7. The van der Waals surface area contributed by atoms with Gasteiger partial charge in [0.15, 0.2) is 4.80 Å². The molecule has 1 atom stereocenters. The monoisotopic (exact) mass is 527 g/mol. The van der Waals surface area contributed by atoms with Crippen molar-refractivity contribution in [1.82, 2.24) is 4.57 Å². The molecule has 192 valence electrons. The van der Waals surface area contributed by atoms with Crippen LogP contribution in [0.4, 0.5) is 5.69 Å². The Labute approximate surface area is 222 Å². The molecule has 3 heterocycles. The normalized spacial score (nSPS) is 17.5. The molecule has 0 bridgehead atoms. The average molecular weight is 528 g/mol. The van der Waals surface area contributed by atoms with Gasteiger partial charge in [-0.25, -0.2) is 9.79 Å². The van der Waals surface area contributed by atoms with Gasteiger partial charge in [0, 0.05) is 12.1 Å². The molecular formula is C29H25N3O5S. The number of hydrogen-bond acceptors (Lipinski definition) is 7. The minimum Gasteiger partial charge on any atom is -0.497 e. The van der Waals surface area contributed by atoms with Gasteiger partial charge in [0.05, 0.1) is 35.7 Å². The van der Waals surface area contributed by atoms with E-state index in [9.17, 15) is 14.4 Å². The highest BCUT2D eigenvalue weighted by molar-refractivity contribution is 7.07. The number of ether oxygens (including phenoxy) is 2. The van der Waals surface area contributed by atoms with Crippen LogP contribution in [0, 0.1) is 0 Å². The summed E-state index contributed by atoms with van der Waals surface area (Å²) >= 11 is 1.13. The predicted octanol–water partition coefficient (Wildman–Crippen LogP) is 2.88. The fraction of sp³-hybridized carbons (Fsp3) is 0.172. The lowest BCUT2D eigenvalue weighted by molar-refractivity contribution is -0.138. The Balaban J connectivity index is 1.78. The van der Waals surface area contributed by atoms with E-state index in [2.05, 4.69) is 18.2 Å². The van der Waals surface area contributed by atoms with Crippen molar-refractivity contribution < 1.29 is 19.1 Å². The van der Waals surface area contributed by atoms with E-state index in [0.29, 0.717) is 39.5 Å². The van der Waals surface area contributed by atoms with E-state index in [1.807, 2.05) is 24.3 Å². The lowest BCUT2D eigenvalue weighted by Crippen LogP contribution is -2.41. The van der Waals surface area contributed by atoms with Gasteiger partial charge in [-0.3, -0.25) is 14.2 Å². The zero-order chi connectivity index (χ0) is 27.0. The number of aromatic nitrogens is 1. The summed E-state index contributed by atoms with van der Waals surface area (Å²) < 4.78 is 12.4. The van der Waals surface area contributed by atoms with Crippen LogP contribution in [0.2, 0.25) is 0 Å². The fourth-order valence-electron chi connectivity index (χ4n) is 4.76. The van der Waals surface area contributed by atoms with Crippen LogP contribution >= 0.6 is 11.3 Å². The Morgan fingerprint density at radius 2 is 1.84 bits per heavy atom. The van der Waals surface area contributed by atoms with Crippen LogP contribution in [0.1, 0.15) is 24.1 Å². The summed E-state index contributed by atoms with van der Waals surface area (Å²) in [5.41, 5.74) is 2.65. The van der Waals surface area contributed by atoms with Crippen LogP contribution in [0.5, 0.6) is 5.75 Å². The van der Waals surface area contributed by atoms with Gasteiger partial charge in [-0.15, -0.1) is 6.58 Å². The maximum Gasteiger partial charge on any atom is 0.338 e. The molecule has 0 radical (unpaired) electrons. The standard InChI is InChI=1S/C29H25N3O5S/c1-5-15-31-21-10-8-7-9-20(21)23(26(31)33)25-27(34)32-24(18-11-13-19(36-4)14-12-18)22(28(35)37-16-6-2)17(3)30-29(32)38-25/h5-14,24H,1-2,15-16H2,3-4H3/b25-23-/t24-/m0/s1. The van der Waals surface area contributed by atoms with Crippen molar-refractivity contribution in [3.05, 3.63) is 116 Å². The summed E-state index contributed by atoms with van der Waals surface area (Å²) in [6, 6.07) is 13.7. The second-order valence-electron chi connectivity index (χ2n) is 8.66. The molecule has 0 unspecified atom stereocenters. The topological polar surface area (TPSA) is 90.2 Å². The van der Waals surface area contributed by atoms with Crippen molar-refractivity contribution in [2.75, 3.05) is 25.2 Å². The molecule has 0 N–H and O–H groups in total. The summed E-state index contributed by atoms with van der Waals surface area (Å²) in [6.45, 7) is 9.41. The van der Waals surface area contributed by atoms with Crippen molar-refractivity contribution >= 4 is 34.5 Å². The number of nitrogens with zero attached hydrogens (tertiary/aromatic N) is 3. The summed E-state index contributed by atoms with van der Waals surface area (Å²) in [7, 11) is 1.56. The largest absolute Gasteiger partial charge is 0.497 e. The van der Waals surface area contributed by atoms with E-state index < -0.39 is 17.6 Å². The van der Waals surface area contributed by atoms with Gasteiger partial charge in [-0.05, 0) is 30.7 Å². The lowest BCUT2D eigenvalue weighted by atomic mass is 9.96. The average Bonchev–Trinajstić information content (AvgIpc) is 3.39. The zero-order valence-corrected chi connectivity index (χ0v) is 21.8. The third-order valence-corrected chi connectivity index (χ3v) is 7.50. The second kappa shape index (κ2) is 10.1. The molecule has 2 aliphatic heterocycles. The molecule has 0 spiro atoms. The number of thiazole rings is 1. The van der Waals surface area contributed by atoms with Crippen molar-refractivity contribution in [2.24, 2.45) is 4.99 Å². The Kier molecular flexibility index (Phi) is 6.69. The predicted molar refractivity (Wildman–Crippen MR) is 146 cm³/mol. The van der Waals surface area contributed by atoms with Crippen molar-refractivity contribution in [1.29, 1.82) is 0 Å². The number of rotatable bonds is 7. The minimum absolute atomic E-state index is 0.0178. The lowest BCUT2D eigenvalue weighted by Gasteiger charge is -2.24. The maximum atomic E-state index is 14.1. The second-order valence-corrected chi connectivity index (χ2v) is 9.64. The van der Waals surface area contributed by atoms with E-state index >= 15 is 0 Å². The first-order valence-electron chi connectivity index (χ1n) is 11.9. The smallest absolute Gasteiger partial charge is 0.338 e. The molecular weight excluding hydrogens is 502 g/mol. The van der Waals surface area contributed by atoms with Crippen LogP contribution in [-0.2, 0) is 14.3 Å². The van der Waals surface area contributed by atoms with Gasteiger partial charge >= 0.3 is 5.97 Å². The fourth-order valence-corrected chi connectivity index (χ4v) is 5.89. The van der Waals surface area contributed by atoms with Crippen molar-refractivity contribution in [2.45, 2.75) is 13.0 Å². The van der Waals surface area contributed by atoms with Crippen LogP contribution in [0.3, 0.4) is 0 Å². The molecule has 0 saturated carbocycles. The highest BCUT2D eigenvalue weighted by Crippen LogP contribution is 2.35.